The Kier molecular flexibility index (Phi) is 18.3. The molecule has 14 nitrogen and oxygen atoms in total. The SMILES string of the molecule is CC[C@H](NC(=O)C1(C(F)(F)F)CCC1)C(=O)N[C@@H](CC)C(=O)N(CC)[C@H]1CCCCNC(=O)C(C)(C)NC(=O)[C@H](Cc2cc(Cl)ccc2Cl)N(C)C(=O)[C@H](CC(C)C)NC1=O. The van der Waals surface area contributed by atoms with Gasteiger partial charge in [-0.25, -0.2) is 0 Å². The molecule has 0 spiro atoms. The highest BCUT2D eigenvalue weighted by Gasteiger charge is 2.63. The normalized spacial score (nSPS) is 22.5. The molecule has 1 aliphatic heterocycles. The maximum atomic E-state index is 14.5. The van der Waals surface area contributed by atoms with Crippen LogP contribution in [0.4, 0.5) is 13.2 Å². The first-order valence-electron chi connectivity index (χ1n) is 21.0. The van der Waals surface area contributed by atoms with Gasteiger partial charge >= 0.3 is 6.18 Å². The Balaban J connectivity index is 1.98. The molecule has 0 radical (unpaired) electrons. The second-order valence-electron chi connectivity index (χ2n) is 16.9. The van der Waals surface area contributed by atoms with Crippen molar-refractivity contribution in [2.24, 2.45) is 11.3 Å². The minimum Gasteiger partial charge on any atom is -0.354 e. The van der Waals surface area contributed by atoms with E-state index in [-0.39, 0.29) is 70.4 Å². The monoisotopic (exact) mass is 903 g/mol. The highest BCUT2D eigenvalue weighted by atomic mass is 35.5. The lowest BCUT2D eigenvalue weighted by Crippen LogP contribution is -2.62. The number of nitrogens with zero attached hydrogens (tertiary/aromatic N) is 2. The van der Waals surface area contributed by atoms with E-state index in [9.17, 15) is 46.7 Å². The lowest BCUT2D eigenvalue weighted by molar-refractivity contribution is -0.243. The van der Waals surface area contributed by atoms with Gasteiger partial charge in [0, 0.05) is 36.6 Å². The van der Waals surface area contributed by atoms with Crippen molar-refractivity contribution >= 4 is 64.6 Å². The molecule has 61 heavy (non-hydrogen) atoms. The van der Waals surface area contributed by atoms with E-state index in [2.05, 4.69) is 26.6 Å². The van der Waals surface area contributed by atoms with Crippen molar-refractivity contribution in [1.29, 1.82) is 0 Å². The van der Waals surface area contributed by atoms with Gasteiger partial charge in [0.1, 0.15) is 41.2 Å². The first-order valence-corrected chi connectivity index (χ1v) is 21.8. The van der Waals surface area contributed by atoms with Crippen LogP contribution >= 0.6 is 23.2 Å². The molecule has 5 atom stereocenters. The first-order chi connectivity index (χ1) is 28.4. The standard InChI is InChI=1S/C42H62Cl2F3N7O7/c1-9-28(51-39(61)41(18-14-19-41)42(45,46)47)33(55)49-29(10-2)37(59)54(11-3)31-15-12-13-20-48-38(60)40(6,7)52-35(57)32(23-25-22-26(43)16-17-27(25)44)53(8)36(58)30(21-24(4)5)50-34(31)56/h16-17,22,24,28-32H,9-15,18-21,23H2,1-8H3,(H,48,60)(H,49,55)(H,50,56)(H,51,61)(H,52,57)/t28-,29-,30-,31-,32-/m0/s1. The fourth-order valence-electron chi connectivity index (χ4n) is 7.60. The van der Waals surface area contributed by atoms with Crippen molar-refractivity contribution in [3.63, 3.8) is 0 Å². The topological polar surface area (TPSA) is 186 Å². The number of alkyl halides is 3. The first kappa shape index (κ1) is 51.2. The summed E-state index contributed by atoms with van der Waals surface area (Å²) < 4.78 is 41.7. The van der Waals surface area contributed by atoms with Gasteiger partial charge in [0.05, 0.1) is 0 Å². The van der Waals surface area contributed by atoms with Crippen LogP contribution in [0.1, 0.15) is 112 Å². The van der Waals surface area contributed by atoms with Gasteiger partial charge in [0.25, 0.3) is 0 Å². The fourth-order valence-corrected chi connectivity index (χ4v) is 7.98. The smallest absolute Gasteiger partial charge is 0.354 e. The van der Waals surface area contributed by atoms with Crippen molar-refractivity contribution < 1.29 is 46.7 Å². The molecule has 0 aromatic heterocycles. The van der Waals surface area contributed by atoms with Crippen LogP contribution in [0.5, 0.6) is 0 Å². The summed E-state index contributed by atoms with van der Waals surface area (Å²) in [4.78, 5) is 99.6. The van der Waals surface area contributed by atoms with E-state index in [0.717, 1.165) is 0 Å². The number of likely N-dealkylation sites (N-methyl/N-ethyl adjacent to an activating group) is 2. The number of hydrogen-bond acceptors (Lipinski definition) is 7. The number of halogens is 5. The van der Waals surface area contributed by atoms with Gasteiger partial charge in [-0.15, -0.1) is 0 Å². The zero-order chi connectivity index (χ0) is 46.0. The Bertz CT molecular complexity index is 1780. The van der Waals surface area contributed by atoms with Crippen LogP contribution in [-0.2, 0) is 40.0 Å². The van der Waals surface area contributed by atoms with E-state index in [1.54, 1.807) is 32.0 Å². The summed E-state index contributed by atoms with van der Waals surface area (Å²) >= 11 is 12.8. The van der Waals surface area contributed by atoms with E-state index in [4.69, 9.17) is 23.2 Å². The van der Waals surface area contributed by atoms with Crippen LogP contribution in [-0.4, -0.2) is 113 Å². The van der Waals surface area contributed by atoms with E-state index >= 15 is 0 Å². The Morgan fingerprint density at radius 2 is 1.59 bits per heavy atom. The molecule has 3 rings (SSSR count). The number of rotatable bonds is 13. The zero-order valence-corrected chi connectivity index (χ0v) is 37.8. The van der Waals surface area contributed by atoms with Gasteiger partial charge in [-0.05, 0) is 102 Å². The molecule has 2 aliphatic rings. The summed E-state index contributed by atoms with van der Waals surface area (Å²) in [6.07, 6.45) is -4.53. The van der Waals surface area contributed by atoms with Gasteiger partial charge in [0.15, 0.2) is 0 Å². The Hall–Kier alpha value is -4.12. The molecule has 1 saturated carbocycles. The van der Waals surface area contributed by atoms with Crippen molar-refractivity contribution in [2.45, 2.75) is 155 Å². The molecule has 19 heteroatoms. The second-order valence-corrected chi connectivity index (χ2v) is 17.8. The number of carbonyl (C=O) groups excluding carboxylic acids is 7. The summed E-state index contributed by atoms with van der Waals surface area (Å²) in [6, 6.07) is -1.45. The maximum absolute atomic E-state index is 14.5. The van der Waals surface area contributed by atoms with Crippen molar-refractivity contribution in [3.8, 4) is 0 Å². The number of nitrogens with one attached hydrogen (secondary N) is 5. The predicted molar refractivity (Wildman–Crippen MR) is 225 cm³/mol. The number of amides is 7. The third kappa shape index (κ3) is 12.7. The maximum Gasteiger partial charge on any atom is 0.403 e. The Morgan fingerprint density at radius 1 is 0.951 bits per heavy atom. The average Bonchev–Trinajstić information content (AvgIpc) is 3.15. The molecular formula is C42H62Cl2F3N7O7. The van der Waals surface area contributed by atoms with Crippen LogP contribution in [0.15, 0.2) is 18.2 Å². The molecule has 342 valence electrons. The minimum atomic E-state index is -4.79. The minimum absolute atomic E-state index is 0.0123. The summed E-state index contributed by atoms with van der Waals surface area (Å²) in [5.41, 5.74) is -3.53. The van der Waals surface area contributed by atoms with E-state index in [0.29, 0.717) is 28.5 Å². The molecule has 1 aromatic carbocycles. The van der Waals surface area contributed by atoms with Gasteiger partial charge in [-0.2, -0.15) is 13.2 Å². The van der Waals surface area contributed by atoms with Crippen LogP contribution in [0.25, 0.3) is 0 Å². The molecule has 7 amide bonds. The average molecular weight is 905 g/mol. The molecule has 1 aliphatic carbocycles. The van der Waals surface area contributed by atoms with Crippen molar-refractivity contribution in [2.75, 3.05) is 20.1 Å². The number of benzene rings is 1. The molecule has 5 N–H and O–H groups in total. The van der Waals surface area contributed by atoms with E-state index in [1.807, 2.05) is 13.8 Å². The summed E-state index contributed by atoms with van der Waals surface area (Å²) in [5.74, 6) is -5.38. The third-order valence-electron chi connectivity index (χ3n) is 11.6. The molecule has 0 bridgehead atoms. The van der Waals surface area contributed by atoms with Crippen LogP contribution in [0.3, 0.4) is 0 Å². The predicted octanol–water partition coefficient (Wildman–Crippen LogP) is 4.83. The van der Waals surface area contributed by atoms with Gasteiger partial charge < -0.3 is 36.4 Å². The number of carbonyl (C=O) groups is 7. The van der Waals surface area contributed by atoms with E-state index in [1.165, 1.54) is 37.6 Å². The lowest BCUT2D eigenvalue weighted by atomic mass is 9.67. The molecule has 1 aromatic rings. The Morgan fingerprint density at radius 3 is 2.13 bits per heavy atom. The quantitative estimate of drug-likeness (QED) is 0.188. The largest absolute Gasteiger partial charge is 0.403 e. The Labute approximate surface area is 366 Å². The second kappa shape index (κ2) is 21.8. The summed E-state index contributed by atoms with van der Waals surface area (Å²) in [6.45, 7) is 11.7. The van der Waals surface area contributed by atoms with Gasteiger partial charge in [-0.1, -0.05) is 57.3 Å². The fraction of sp³-hybridized carbons (Fsp3) is 0.690. The molecule has 0 unspecified atom stereocenters. The lowest BCUT2D eigenvalue weighted by Gasteiger charge is -2.42. The number of hydrogen-bond donors (Lipinski definition) is 5. The van der Waals surface area contributed by atoms with Gasteiger partial charge in [0.2, 0.25) is 41.4 Å². The van der Waals surface area contributed by atoms with Crippen LogP contribution < -0.4 is 26.6 Å². The molecule has 2 fully saturated rings. The van der Waals surface area contributed by atoms with Gasteiger partial charge in [-0.3, -0.25) is 33.6 Å². The molecular weight excluding hydrogens is 842 g/mol. The molecule has 1 heterocycles. The van der Waals surface area contributed by atoms with Crippen LogP contribution in [0, 0.1) is 11.3 Å². The van der Waals surface area contributed by atoms with Crippen LogP contribution in [0.2, 0.25) is 10.0 Å². The summed E-state index contributed by atoms with van der Waals surface area (Å²) in [7, 11) is 1.41. The van der Waals surface area contributed by atoms with Crippen molar-refractivity contribution in [1.82, 2.24) is 36.4 Å². The third-order valence-corrected chi connectivity index (χ3v) is 12.2. The highest BCUT2D eigenvalue weighted by Crippen LogP contribution is 2.53. The molecule has 1 saturated heterocycles. The van der Waals surface area contributed by atoms with E-state index < -0.39 is 88.7 Å². The zero-order valence-electron chi connectivity index (χ0n) is 36.3. The highest BCUT2D eigenvalue weighted by molar-refractivity contribution is 6.33. The van der Waals surface area contributed by atoms with Crippen molar-refractivity contribution in [3.05, 3.63) is 33.8 Å². The summed E-state index contributed by atoms with van der Waals surface area (Å²) in [5, 5.41) is 13.9.